The first-order chi connectivity index (χ1) is 14.0. The summed E-state index contributed by atoms with van der Waals surface area (Å²) in [5, 5.41) is 0. The molecule has 0 heterocycles. The van der Waals surface area contributed by atoms with Gasteiger partial charge in [0.1, 0.15) is 0 Å². The third kappa shape index (κ3) is 7.64. The molecule has 29 heavy (non-hydrogen) atoms. The Morgan fingerprint density at radius 1 is 0.862 bits per heavy atom. The van der Waals surface area contributed by atoms with Crippen molar-refractivity contribution in [1.29, 1.82) is 0 Å². The summed E-state index contributed by atoms with van der Waals surface area (Å²) in [7, 11) is 0. The summed E-state index contributed by atoms with van der Waals surface area (Å²) in [6.45, 7) is 6.97. The van der Waals surface area contributed by atoms with Crippen LogP contribution in [0.15, 0.2) is 12.1 Å². The molecule has 1 aliphatic rings. The van der Waals surface area contributed by atoms with Gasteiger partial charge in [-0.05, 0) is 67.1 Å². The highest BCUT2D eigenvalue weighted by Gasteiger charge is 2.25. The van der Waals surface area contributed by atoms with E-state index < -0.39 is 17.5 Å². The maximum absolute atomic E-state index is 13.7. The van der Waals surface area contributed by atoms with Crippen LogP contribution in [0.3, 0.4) is 0 Å². The summed E-state index contributed by atoms with van der Waals surface area (Å²) in [6.07, 6.45) is 15.7. The van der Waals surface area contributed by atoms with Crippen LogP contribution in [0.5, 0.6) is 0 Å². The molecule has 4 atom stereocenters. The predicted molar refractivity (Wildman–Crippen MR) is 117 cm³/mol. The van der Waals surface area contributed by atoms with Crippen LogP contribution in [0.1, 0.15) is 116 Å². The standard InChI is InChI=1S/C26H41F3/c1-4-6-7-10-19(3)13-14-20(5-2)21-11-8-9-12-22(16-15-21)23-17-24(27)26(29)25(28)18-23/h17-22H,4-16H2,1-3H3. The lowest BCUT2D eigenvalue weighted by Gasteiger charge is -2.31. The van der Waals surface area contributed by atoms with Gasteiger partial charge >= 0.3 is 0 Å². The Morgan fingerprint density at radius 3 is 2.21 bits per heavy atom. The predicted octanol–water partition coefficient (Wildman–Crippen LogP) is 9.18. The highest BCUT2D eigenvalue weighted by molar-refractivity contribution is 5.23. The van der Waals surface area contributed by atoms with Crippen molar-refractivity contribution >= 4 is 0 Å². The summed E-state index contributed by atoms with van der Waals surface area (Å²) in [4.78, 5) is 0. The quantitative estimate of drug-likeness (QED) is 0.266. The van der Waals surface area contributed by atoms with Crippen molar-refractivity contribution in [2.75, 3.05) is 0 Å². The number of benzene rings is 1. The van der Waals surface area contributed by atoms with Gasteiger partial charge in [0.05, 0.1) is 0 Å². The van der Waals surface area contributed by atoms with Gasteiger partial charge in [0.2, 0.25) is 0 Å². The normalized spacial score (nSPS) is 22.7. The van der Waals surface area contributed by atoms with Crippen molar-refractivity contribution in [1.82, 2.24) is 0 Å². The van der Waals surface area contributed by atoms with E-state index in [0.717, 1.165) is 37.5 Å². The highest BCUT2D eigenvalue weighted by Crippen LogP contribution is 2.39. The maximum atomic E-state index is 13.7. The number of unbranched alkanes of at least 4 members (excludes halogenated alkanes) is 2. The summed E-state index contributed by atoms with van der Waals surface area (Å²) in [5.41, 5.74) is 0.639. The van der Waals surface area contributed by atoms with Gasteiger partial charge in [-0.15, -0.1) is 0 Å². The van der Waals surface area contributed by atoms with Crippen molar-refractivity contribution < 1.29 is 13.2 Å². The van der Waals surface area contributed by atoms with Gasteiger partial charge in [-0.3, -0.25) is 0 Å². The first-order valence-electron chi connectivity index (χ1n) is 12.1. The first-order valence-corrected chi connectivity index (χ1v) is 12.1. The molecule has 3 heteroatoms. The second-order valence-corrected chi connectivity index (χ2v) is 9.46. The Hall–Kier alpha value is -0.990. The molecule has 1 aliphatic carbocycles. The fourth-order valence-corrected chi connectivity index (χ4v) is 5.28. The molecule has 0 amide bonds. The van der Waals surface area contributed by atoms with Crippen LogP contribution in [0.4, 0.5) is 13.2 Å². The van der Waals surface area contributed by atoms with Crippen molar-refractivity contribution in [3.63, 3.8) is 0 Å². The maximum Gasteiger partial charge on any atom is 0.194 e. The number of rotatable bonds is 10. The van der Waals surface area contributed by atoms with Gasteiger partial charge in [-0.25, -0.2) is 13.2 Å². The summed E-state index contributed by atoms with van der Waals surface area (Å²) in [6, 6.07) is 2.43. The van der Waals surface area contributed by atoms with Crippen LogP contribution in [0.2, 0.25) is 0 Å². The molecular formula is C26H41F3. The van der Waals surface area contributed by atoms with Gasteiger partial charge in [0, 0.05) is 0 Å². The van der Waals surface area contributed by atoms with Crippen molar-refractivity contribution in [3.05, 3.63) is 35.1 Å². The molecule has 0 spiro atoms. The van der Waals surface area contributed by atoms with Crippen molar-refractivity contribution in [2.24, 2.45) is 17.8 Å². The minimum Gasteiger partial charge on any atom is -0.204 e. The van der Waals surface area contributed by atoms with E-state index in [9.17, 15) is 13.2 Å². The van der Waals surface area contributed by atoms with Crippen LogP contribution in [0, 0.1) is 35.2 Å². The SMILES string of the molecule is CCCCCC(C)CCC(CC)C1CCCCC(c2cc(F)c(F)c(F)c2)CC1. The molecule has 0 bridgehead atoms. The van der Waals surface area contributed by atoms with Crippen LogP contribution >= 0.6 is 0 Å². The zero-order chi connectivity index (χ0) is 21.2. The number of halogens is 3. The smallest absolute Gasteiger partial charge is 0.194 e. The van der Waals surface area contributed by atoms with E-state index in [1.807, 2.05) is 0 Å². The summed E-state index contributed by atoms with van der Waals surface area (Å²) in [5.74, 6) is -1.04. The Bertz CT molecular complexity index is 575. The van der Waals surface area contributed by atoms with E-state index in [1.54, 1.807) is 0 Å². The van der Waals surface area contributed by atoms with Crippen LogP contribution in [-0.4, -0.2) is 0 Å². The van der Waals surface area contributed by atoms with E-state index in [4.69, 9.17) is 0 Å². The Morgan fingerprint density at radius 2 is 1.55 bits per heavy atom. The average molecular weight is 411 g/mol. The van der Waals surface area contributed by atoms with Crippen LogP contribution < -0.4 is 0 Å². The molecule has 166 valence electrons. The molecule has 0 N–H and O–H groups in total. The molecule has 4 unspecified atom stereocenters. The Kier molecular flexibility index (Phi) is 10.6. The van der Waals surface area contributed by atoms with E-state index in [2.05, 4.69) is 20.8 Å². The molecule has 0 nitrogen and oxygen atoms in total. The third-order valence-electron chi connectivity index (χ3n) is 7.26. The minimum absolute atomic E-state index is 0.146. The van der Waals surface area contributed by atoms with Gasteiger partial charge < -0.3 is 0 Å². The van der Waals surface area contributed by atoms with E-state index in [1.165, 1.54) is 69.9 Å². The fourth-order valence-electron chi connectivity index (χ4n) is 5.28. The molecule has 0 radical (unpaired) electrons. The largest absolute Gasteiger partial charge is 0.204 e. The lowest BCUT2D eigenvalue weighted by molar-refractivity contribution is 0.224. The van der Waals surface area contributed by atoms with Gasteiger partial charge in [0.25, 0.3) is 0 Å². The summed E-state index contributed by atoms with van der Waals surface area (Å²) >= 11 is 0. The zero-order valence-corrected chi connectivity index (χ0v) is 18.8. The molecule has 0 aromatic heterocycles. The van der Waals surface area contributed by atoms with Crippen molar-refractivity contribution in [2.45, 2.75) is 110 Å². The van der Waals surface area contributed by atoms with Crippen molar-refractivity contribution in [3.8, 4) is 0 Å². The zero-order valence-electron chi connectivity index (χ0n) is 18.8. The Balaban J connectivity index is 1.93. The van der Waals surface area contributed by atoms with Gasteiger partial charge in [-0.1, -0.05) is 78.6 Å². The lowest BCUT2D eigenvalue weighted by atomic mass is 9.74. The third-order valence-corrected chi connectivity index (χ3v) is 7.26. The summed E-state index contributed by atoms with van der Waals surface area (Å²) < 4.78 is 40.8. The topological polar surface area (TPSA) is 0 Å². The molecule has 1 saturated carbocycles. The average Bonchev–Trinajstić information content (AvgIpc) is 2.67. The molecular weight excluding hydrogens is 369 g/mol. The monoisotopic (exact) mass is 410 g/mol. The van der Waals surface area contributed by atoms with Crippen LogP contribution in [-0.2, 0) is 0 Å². The molecule has 0 saturated heterocycles. The fraction of sp³-hybridized carbons (Fsp3) is 0.769. The van der Waals surface area contributed by atoms with Gasteiger partial charge in [-0.2, -0.15) is 0 Å². The minimum atomic E-state index is -1.35. The molecule has 1 fully saturated rings. The molecule has 0 aliphatic heterocycles. The highest BCUT2D eigenvalue weighted by atomic mass is 19.2. The Labute approximate surface area is 176 Å². The lowest BCUT2D eigenvalue weighted by Crippen LogP contribution is -2.19. The second-order valence-electron chi connectivity index (χ2n) is 9.46. The van der Waals surface area contributed by atoms with Gasteiger partial charge in [0.15, 0.2) is 17.5 Å². The molecule has 1 aromatic rings. The number of hydrogen-bond acceptors (Lipinski definition) is 0. The molecule has 1 aromatic carbocycles. The van der Waals surface area contributed by atoms with Crippen LogP contribution in [0.25, 0.3) is 0 Å². The van der Waals surface area contributed by atoms with E-state index in [-0.39, 0.29) is 5.92 Å². The number of hydrogen-bond donors (Lipinski definition) is 0. The molecule has 2 rings (SSSR count). The van der Waals surface area contributed by atoms with E-state index >= 15 is 0 Å². The first kappa shape index (κ1) is 24.3. The second kappa shape index (κ2) is 12.6. The van der Waals surface area contributed by atoms with E-state index in [0.29, 0.717) is 11.5 Å².